The van der Waals surface area contributed by atoms with Crippen molar-refractivity contribution in [2.24, 2.45) is 17.8 Å². The molecule has 1 saturated carbocycles. The summed E-state index contributed by atoms with van der Waals surface area (Å²) in [5, 5.41) is 13.0. The van der Waals surface area contributed by atoms with Gasteiger partial charge >= 0.3 is 0 Å². The number of nitrogens with zero attached hydrogens (tertiary/aromatic N) is 4. The van der Waals surface area contributed by atoms with Crippen molar-refractivity contribution in [1.82, 2.24) is 0 Å². The highest BCUT2D eigenvalue weighted by Gasteiger charge is 2.50. The fourth-order valence-corrected chi connectivity index (χ4v) is 5.89. The van der Waals surface area contributed by atoms with Crippen LogP contribution in [-0.2, 0) is 9.59 Å². The normalized spacial score (nSPS) is 24.7. The number of hydrogen-bond donors (Lipinski definition) is 0. The molecule has 5 rings (SSSR count). The molecule has 0 spiro atoms. The van der Waals surface area contributed by atoms with Gasteiger partial charge in [0.15, 0.2) is 0 Å². The lowest BCUT2D eigenvalue weighted by Crippen LogP contribution is -2.46. The highest BCUT2D eigenvalue weighted by atomic mass is 35.5. The molecular formula is C25H26Cl2N4O4. The second kappa shape index (κ2) is 9.32. The fourth-order valence-electron chi connectivity index (χ4n) is 5.60. The van der Waals surface area contributed by atoms with Gasteiger partial charge in [-0.3, -0.25) is 19.7 Å². The van der Waals surface area contributed by atoms with Gasteiger partial charge in [0.1, 0.15) is 5.69 Å². The van der Waals surface area contributed by atoms with Crippen molar-refractivity contribution in [3.8, 4) is 0 Å². The van der Waals surface area contributed by atoms with Gasteiger partial charge in [-0.25, -0.2) is 4.90 Å². The third-order valence-corrected chi connectivity index (χ3v) is 8.23. The summed E-state index contributed by atoms with van der Waals surface area (Å²) in [6, 6.07) is 10.2. The van der Waals surface area contributed by atoms with Crippen molar-refractivity contribution in [3.63, 3.8) is 0 Å². The molecule has 0 bridgehead atoms. The molecule has 1 aliphatic carbocycles. The minimum atomic E-state index is -0.440. The molecule has 0 N–H and O–H groups in total. The first-order valence-electron chi connectivity index (χ1n) is 11.9. The van der Waals surface area contributed by atoms with Crippen LogP contribution < -0.4 is 14.7 Å². The SMILES string of the molecule is C[C@@H]1CC[C@@H]2C(=O)N(c3ccc(N4CCN(c5ccc(Cl)c(Cl)c5)CC4)c([N+](=O)[O-])c3)C(=O)[C@@H]2C1. The van der Waals surface area contributed by atoms with Crippen molar-refractivity contribution in [2.75, 3.05) is 40.9 Å². The van der Waals surface area contributed by atoms with Crippen LogP contribution >= 0.6 is 23.2 Å². The molecule has 2 aliphatic heterocycles. The van der Waals surface area contributed by atoms with Gasteiger partial charge in [0.05, 0.1) is 32.5 Å². The topological polar surface area (TPSA) is 87.0 Å². The molecule has 3 fully saturated rings. The molecule has 3 aliphatic rings. The van der Waals surface area contributed by atoms with Gasteiger partial charge in [-0.1, -0.05) is 30.1 Å². The quantitative estimate of drug-likeness (QED) is 0.317. The molecule has 3 atom stereocenters. The van der Waals surface area contributed by atoms with Crippen molar-refractivity contribution >= 4 is 57.8 Å². The molecule has 0 radical (unpaired) electrons. The van der Waals surface area contributed by atoms with Crippen LogP contribution in [0.3, 0.4) is 0 Å². The average molecular weight is 517 g/mol. The van der Waals surface area contributed by atoms with Gasteiger partial charge in [0.2, 0.25) is 11.8 Å². The molecule has 2 amide bonds. The first-order valence-corrected chi connectivity index (χ1v) is 12.6. The number of rotatable bonds is 4. The van der Waals surface area contributed by atoms with Crippen LogP contribution in [0.15, 0.2) is 36.4 Å². The van der Waals surface area contributed by atoms with E-state index in [0.29, 0.717) is 60.7 Å². The monoisotopic (exact) mass is 516 g/mol. The number of hydrogen-bond acceptors (Lipinski definition) is 6. The average Bonchev–Trinajstić information content (AvgIpc) is 3.09. The van der Waals surface area contributed by atoms with E-state index in [0.717, 1.165) is 12.1 Å². The Bertz CT molecular complexity index is 1200. The Morgan fingerprint density at radius 2 is 1.51 bits per heavy atom. The smallest absolute Gasteiger partial charge is 0.294 e. The molecule has 2 aromatic rings. The zero-order valence-electron chi connectivity index (χ0n) is 19.3. The summed E-state index contributed by atoms with van der Waals surface area (Å²) < 4.78 is 0. The Kier molecular flexibility index (Phi) is 6.36. The second-order valence-electron chi connectivity index (χ2n) is 9.65. The first kappa shape index (κ1) is 23.9. The van der Waals surface area contributed by atoms with E-state index in [-0.39, 0.29) is 35.0 Å². The van der Waals surface area contributed by atoms with Crippen LogP contribution in [0, 0.1) is 27.9 Å². The summed E-state index contributed by atoms with van der Waals surface area (Å²) in [6.45, 7) is 4.55. The Morgan fingerprint density at radius 1 is 0.857 bits per heavy atom. The number of halogens is 2. The third kappa shape index (κ3) is 4.34. The number of anilines is 3. The van der Waals surface area contributed by atoms with E-state index in [1.807, 2.05) is 17.0 Å². The highest BCUT2D eigenvalue weighted by molar-refractivity contribution is 6.42. The number of carbonyl (C=O) groups excluding carboxylic acids is 2. The molecule has 2 saturated heterocycles. The lowest BCUT2D eigenvalue weighted by Gasteiger charge is -2.37. The Hall–Kier alpha value is -2.84. The standard InChI is InChI=1S/C25H26Cl2N4O4/c1-15-2-5-18-19(12-15)25(33)30(24(18)32)17-4-7-22(23(14-17)31(34)35)29-10-8-28(9-11-29)16-3-6-20(26)21(27)13-16/h3-4,6-7,13-15,18-19H,2,5,8-12H2,1H3/t15-,18+,19-/m1/s1. The van der Waals surface area contributed by atoms with E-state index in [1.165, 1.54) is 11.0 Å². The van der Waals surface area contributed by atoms with Gasteiger partial charge in [-0.05, 0) is 55.5 Å². The third-order valence-electron chi connectivity index (χ3n) is 7.49. The van der Waals surface area contributed by atoms with Crippen LogP contribution in [0.25, 0.3) is 0 Å². The van der Waals surface area contributed by atoms with Gasteiger partial charge in [0.25, 0.3) is 5.69 Å². The Morgan fingerprint density at radius 3 is 2.20 bits per heavy atom. The van der Waals surface area contributed by atoms with Crippen LogP contribution in [0.5, 0.6) is 0 Å². The van der Waals surface area contributed by atoms with Gasteiger partial charge in [-0.2, -0.15) is 0 Å². The molecule has 2 heterocycles. The van der Waals surface area contributed by atoms with Gasteiger partial charge < -0.3 is 9.80 Å². The molecule has 2 aromatic carbocycles. The van der Waals surface area contributed by atoms with Crippen LogP contribution in [0.4, 0.5) is 22.7 Å². The lowest BCUT2D eigenvalue weighted by atomic mass is 9.76. The second-order valence-corrected chi connectivity index (χ2v) is 10.5. The predicted molar refractivity (Wildman–Crippen MR) is 136 cm³/mol. The van der Waals surface area contributed by atoms with Crippen LogP contribution in [0.1, 0.15) is 26.2 Å². The number of nitro groups is 1. The summed E-state index contributed by atoms with van der Waals surface area (Å²) in [4.78, 5) is 43.0. The number of amides is 2. The largest absolute Gasteiger partial charge is 0.368 e. The number of nitro benzene ring substituents is 1. The van der Waals surface area contributed by atoms with Crippen molar-refractivity contribution < 1.29 is 14.5 Å². The molecule has 0 unspecified atom stereocenters. The van der Waals surface area contributed by atoms with E-state index in [1.54, 1.807) is 18.2 Å². The number of benzene rings is 2. The van der Waals surface area contributed by atoms with E-state index in [9.17, 15) is 19.7 Å². The minimum Gasteiger partial charge on any atom is -0.368 e. The maximum absolute atomic E-state index is 13.1. The van der Waals surface area contributed by atoms with Crippen molar-refractivity contribution in [1.29, 1.82) is 0 Å². The van der Waals surface area contributed by atoms with E-state index < -0.39 is 4.92 Å². The highest BCUT2D eigenvalue weighted by Crippen LogP contribution is 2.43. The Labute approximate surface area is 213 Å². The zero-order chi connectivity index (χ0) is 24.9. The van der Waals surface area contributed by atoms with E-state index >= 15 is 0 Å². The van der Waals surface area contributed by atoms with E-state index in [2.05, 4.69) is 11.8 Å². The summed E-state index contributed by atoms with van der Waals surface area (Å²) in [5.41, 5.74) is 1.62. The predicted octanol–water partition coefficient (Wildman–Crippen LogP) is 5.15. The summed E-state index contributed by atoms with van der Waals surface area (Å²) in [6.07, 6.45) is 2.30. The molecule has 0 aromatic heterocycles. The molecule has 10 heteroatoms. The maximum atomic E-state index is 13.1. The number of carbonyl (C=O) groups is 2. The molecule has 184 valence electrons. The van der Waals surface area contributed by atoms with E-state index in [4.69, 9.17) is 23.2 Å². The minimum absolute atomic E-state index is 0.102. The number of piperazine rings is 1. The molecule has 8 nitrogen and oxygen atoms in total. The summed E-state index contributed by atoms with van der Waals surface area (Å²) in [7, 11) is 0. The summed E-state index contributed by atoms with van der Waals surface area (Å²) >= 11 is 12.2. The molecule has 35 heavy (non-hydrogen) atoms. The van der Waals surface area contributed by atoms with Gasteiger partial charge in [-0.15, -0.1) is 0 Å². The Balaban J connectivity index is 1.36. The lowest BCUT2D eigenvalue weighted by molar-refractivity contribution is -0.384. The van der Waals surface area contributed by atoms with Crippen LogP contribution in [-0.4, -0.2) is 42.9 Å². The van der Waals surface area contributed by atoms with Crippen LogP contribution in [0.2, 0.25) is 10.0 Å². The number of imide groups is 1. The van der Waals surface area contributed by atoms with Crippen molar-refractivity contribution in [3.05, 3.63) is 56.6 Å². The van der Waals surface area contributed by atoms with Crippen molar-refractivity contribution in [2.45, 2.75) is 26.2 Å². The van der Waals surface area contributed by atoms with Gasteiger partial charge in [0, 0.05) is 37.9 Å². The zero-order valence-corrected chi connectivity index (χ0v) is 20.8. The number of fused-ring (bicyclic) bond motifs is 1. The fraction of sp³-hybridized carbons (Fsp3) is 0.440. The summed E-state index contributed by atoms with van der Waals surface area (Å²) in [5.74, 6) is -0.702. The molecular weight excluding hydrogens is 491 g/mol. The maximum Gasteiger partial charge on any atom is 0.294 e. The first-order chi connectivity index (χ1) is 16.7.